The molecule has 4 rings (SSSR count). The van der Waals surface area contributed by atoms with Crippen molar-refractivity contribution in [1.29, 1.82) is 0 Å². The SMILES string of the molecule is CC.CCN(CCC(=O)O)c1ccc2c(c1)OC1(C=C2)N(C)c2ccccc2C1(C)C. The van der Waals surface area contributed by atoms with Crippen molar-refractivity contribution in [3.05, 3.63) is 59.7 Å². The maximum Gasteiger partial charge on any atom is 0.305 e. The Morgan fingerprint density at radius 1 is 1.16 bits per heavy atom. The van der Waals surface area contributed by atoms with E-state index in [2.05, 4.69) is 67.1 Å². The molecule has 0 saturated carbocycles. The molecule has 0 fully saturated rings. The molecule has 0 bridgehead atoms. The van der Waals surface area contributed by atoms with Crippen LogP contribution < -0.4 is 14.5 Å². The minimum absolute atomic E-state index is 0.112. The Morgan fingerprint density at radius 3 is 2.52 bits per heavy atom. The fourth-order valence-electron chi connectivity index (χ4n) is 4.65. The molecule has 2 aliphatic rings. The molecule has 1 atom stereocenters. The molecule has 0 radical (unpaired) electrons. The van der Waals surface area contributed by atoms with Crippen LogP contribution in [0.4, 0.5) is 11.4 Å². The van der Waals surface area contributed by atoms with Crippen LogP contribution >= 0.6 is 0 Å². The normalized spacial score (nSPS) is 19.7. The summed E-state index contributed by atoms with van der Waals surface area (Å²) >= 11 is 0. The molecule has 31 heavy (non-hydrogen) atoms. The van der Waals surface area contributed by atoms with Crippen molar-refractivity contribution >= 4 is 23.4 Å². The van der Waals surface area contributed by atoms with Crippen LogP contribution in [-0.2, 0) is 10.2 Å². The number of carboxylic acid groups (broad SMARTS) is 1. The maximum absolute atomic E-state index is 11.0. The van der Waals surface area contributed by atoms with Crippen molar-refractivity contribution in [1.82, 2.24) is 0 Å². The second kappa shape index (κ2) is 8.66. The van der Waals surface area contributed by atoms with Crippen LogP contribution in [0.15, 0.2) is 48.5 Å². The molecule has 2 heterocycles. The third-order valence-electron chi connectivity index (χ3n) is 6.43. The van der Waals surface area contributed by atoms with Crippen LogP contribution in [0.2, 0.25) is 0 Å². The largest absolute Gasteiger partial charge is 0.481 e. The van der Waals surface area contributed by atoms with Crippen LogP contribution in [0.25, 0.3) is 6.08 Å². The second-order valence-electron chi connectivity index (χ2n) is 8.28. The molecule has 1 N–H and O–H groups in total. The number of carbonyl (C=O) groups is 1. The number of carboxylic acids is 1. The Kier molecular flexibility index (Phi) is 6.35. The molecule has 5 heteroatoms. The van der Waals surface area contributed by atoms with Gasteiger partial charge < -0.3 is 19.6 Å². The number of anilines is 2. The summed E-state index contributed by atoms with van der Waals surface area (Å²) in [7, 11) is 2.08. The van der Waals surface area contributed by atoms with Gasteiger partial charge in [0.25, 0.3) is 0 Å². The summed E-state index contributed by atoms with van der Waals surface area (Å²) in [6.45, 7) is 11.7. The van der Waals surface area contributed by atoms with Crippen molar-refractivity contribution in [2.75, 3.05) is 29.9 Å². The van der Waals surface area contributed by atoms with E-state index in [0.29, 0.717) is 6.54 Å². The molecule has 1 spiro atoms. The minimum Gasteiger partial charge on any atom is -0.481 e. The average Bonchev–Trinajstić information content (AvgIpc) is 2.94. The summed E-state index contributed by atoms with van der Waals surface area (Å²) in [4.78, 5) is 15.3. The van der Waals surface area contributed by atoms with E-state index in [1.165, 1.54) is 11.3 Å². The van der Waals surface area contributed by atoms with Gasteiger partial charge in [0, 0.05) is 43.1 Å². The standard InChI is InChI=1S/C24H28N2O3.C2H6/c1-5-26(15-13-22(27)28)18-11-10-17-12-14-24(29-21(17)16-18)23(2,3)19-8-6-7-9-20(19)25(24)4;1-2/h6-12,14,16H,5,13,15H2,1-4H3,(H,27,28);1-2H3. The lowest BCUT2D eigenvalue weighted by atomic mass is 9.76. The maximum atomic E-state index is 11.0. The first-order chi connectivity index (χ1) is 14.8. The Balaban J connectivity index is 0.00000132. The van der Waals surface area contributed by atoms with Gasteiger partial charge in [0.05, 0.1) is 11.8 Å². The molecular weight excluding hydrogens is 388 g/mol. The molecule has 0 saturated heterocycles. The first kappa shape index (κ1) is 22.7. The van der Waals surface area contributed by atoms with E-state index < -0.39 is 11.7 Å². The highest BCUT2D eigenvalue weighted by atomic mass is 16.5. The van der Waals surface area contributed by atoms with Crippen molar-refractivity contribution in [2.24, 2.45) is 0 Å². The Morgan fingerprint density at radius 2 is 1.87 bits per heavy atom. The van der Waals surface area contributed by atoms with E-state index in [-0.39, 0.29) is 11.8 Å². The quantitative estimate of drug-likeness (QED) is 0.685. The lowest BCUT2D eigenvalue weighted by molar-refractivity contribution is -0.136. The number of hydrogen-bond donors (Lipinski definition) is 1. The van der Waals surface area contributed by atoms with E-state index >= 15 is 0 Å². The number of rotatable bonds is 5. The number of hydrogen-bond acceptors (Lipinski definition) is 4. The zero-order chi connectivity index (χ0) is 22.8. The van der Waals surface area contributed by atoms with Gasteiger partial charge in [0.2, 0.25) is 5.72 Å². The predicted molar refractivity (Wildman–Crippen MR) is 128 cm³/mol. The van der Waals surface area contributed by atoms with Gasteiger partial charge in [-0.1, -0.05) is 32.0 Å². The van der Waals surface area contributed by atoms with Gasteiger partial charge in [-0.05, 0) is 56.7 Å². The zero-order valence-electron chi connectivity index (χ0n) is 19.5. The second-order valence-corrected chi connectivity index (χ2v) is 8.28. The third-order valence-corrected chi connectivity index (χ3v) is 6.43. The number of nitrogens with zero attached hydrogens (tertiary/aromatic N) is 2. The van der Waals surface area contributed by atoms with Crippen LogP contribution in [0.5, 0.6) is 5.75 Å². The number of likely N-dealkylation sites (N-methyl/N-ethyl adjacent to an activating group) is 1. The van der Waals surface area contributed by atoms with Crippen LogP contribution in [0, 0.1) is 0 Å². The fourth-order valence-corrected chi connectivity index (χ4v) is 4.65. The minimum atomic E-state index is -0.786. The van der Waals surface area contributed by atoms with E-state index in [0.717, 1.165) is 23.5 Å². The number of ether oxygens (including phenoxy) is 1. The first-order valence-corrected chi connectivity index (χ1v) is 11.1. The molecule has 2 aliphatic heterocycles. The molecule has 0 amide bonds. The van der Waals surface area contributed by atoms with Crippen molar-refractivity contribution in [3.8, 4) is 5.75 Å². The molecule has 1 unspecified atom stereocenters. The Labute approximate surface area is 185 Å². The van der Waals surface area contributed by atoms with Crippen LogP contribution in [-0.4, -0.2) is 36.9 Å². The molecule has 5 nitrogen and oxygen atoms in total. The highest BCUT2D eigenvalue weighted by molar-refractivity contribution is 5.73. The fraction of sp³-hybridized carbons (Fsp3) is 0.423. The van der Waals surface area contributed by atoms with Gasteiger partial charge in [0.1, 0.15) is 5.75 Å². The van der Waals surface area contributed by atoms with Crippen molar-refractivity contribution in [2.45, 2.75) is 52.2 Å². The average molecular weight is 423 g/mol. The highest BCUT2D eigenvalue weighted by Gasteiger charge is 2.57. The van der Waals surface area contributed by atoms with Crippen molar-refractivity contribution < 1.29 is 14.6 Å². The molecule has 2 aromatic carbocycles. The molecule has 166 valence electrons. The number of fused-ring (bicyclic) bond motifs is 2. The Bertz CT molecular complexity index is 982. The lowest BCUT2D eigenvalue weighted by Crippen LogP contribution is -2.58. The van der Waals surface area contributed by atoms with Gasteiger partial charge in [0.15, 0.2) is 0 Å². The Hall–Kier alpha value is -2.95. The number of aliphatic carboxylic acids is 1. The molecular formula is C26H34N2O3. The monoisotopic (exact) mass is 422 g/mol. The summed E-state index contributed by atoms with van der Waals surface area (Å²) in [5.41, 5.74) is 3.61. The van der Waals surface area contributed by atoms with Crippen molar-refractivity contribution in [3.63, 3.8) is 0 Å². The highest BCUT2D eigenvalue weighted by Crippen LogP contribution is 2.54. The summed E-state index contributed by atoms with van der Waals surface area (Å²) in [5.74, 6) is 0.0400. The third kappa shape index (κ3) is 3.67. The van der Waals surface area contributed by atoms with E-state index in [1.54, 1.807) is 0 Å². The molecule has 2 aromatic rings. The van der Waals surface area contributed by atoms with Crippen LogP contribution in [0.1, 0.15) is 52.2 Å². The zero-order valence-corrected chi connectivity index (χ0v) is 19.5. The van der Waals surface area contributed by atoms with Gasteiger partial charge in [-0.15, -0.1) is 0 Å². The van der Waals surface area contributed by atoms with Gasteiger partial charge in [-0.25, -0.2) is 0 Å². The topological polar surface area (TPSA) is 53.0 Å². The van der Waals surface area contributed by atoms with E-state index in [4.69, 9.17) is 9.84 Å². The first-order valence-electron chi connectivity index (χ1n) is 11.1. The molecule has 0 aliphatic carbocycles. The summed E-state index contributed by atoms with van der Waals surface area (Å²) in [5, 5.41) is 9.04. The van der Waals surface area contributed by atoms with Gasteiger partial charge in [-0.3, -0.25) is 4.79 Å². The van der Waals surface area contributed by atoms with E-state index in [1.807, 2.05) is 39.0 Å². The predicted octanol–water partition coefficient (Wildman–Crippen LogP) is 5.54. The number of para-hydroxylation sites is 1. The summed E-state index contributed by atoms with van der Waals surface area (Å²) in [6.07, 6.45) is 4.41. The smallest absolute Gasteiger partial charge is 0.305 e. The molecule has 0 aromatic heterocycles. The van der Waals surface area contributed by atoms with Crippen LogP contribution in [0.3, 0.4) is 0 Å². The number of benzene rings is 2. The van der Waals surface area contributed by atoms with Gasteiger partial charge in [-0.2, -0.15) is 0 Å². The van der Waals surface area contributed by atoms with Gasteiger partial charge >= 0.3 is 5.97 Å². The summed E-state index contributed by atoms with van der Waals surface area (Å²) in [6, 6.07) is 14.6. The summed E-state index contributed by atoms with van der Waals surface area (Å²) < 4.78 is 6.75. The lowest BCUT2D eigenvalue weighted by Gasteiger charge is -2.46. The van der Waals surface area contributed by atoms with E-state index in [9.17, 15) is 4.79 Å².